The van der Waals surface area contributed by atoms with Crippen LogP contribution in [0.5, 0.6) is 11.5 Å². The zero-order valence-electron chi connectivity index (χ0n) is 29.6. The highest BCUT2D eigenvalue weighted by Crippen LogP contribution is 2.68. The van der Waals surface area contributed by atoms with Gasteiger partial charge in [-0.3, -0.25) is 24.1 Å². The van der Waals surface area contributed by atoms with Crippen LogP contribution >= 0.6 is 23.1 Å². The van der Waals surface area contributed by atoms with Crippen molar-refractivity contribution in [2.24, 2.45) is 34.7 Å². The van der Waals surface area contributed by atoms with Crippen LogP contribution in [0.15, 0.2) is 81.4 Å². The average molecular weight is 805 g/mol. The Kier molecular flexibility index (Phi) is 9.59. The standard InChI is InChI=1S/C38H36N4O10S3/c1-3-50-26-15-19(7-14-25(26)52-17-27(43)40-20-8-12-22(13-9-20)55(39,48)49)28-29-23-16-24(32(29)53-34-33(28)54-38(47)41-34)31-30(23)35(44)42(36(31)45)21-10-5-18(6-11-21)37(46)51-4-2/h5-15,23-24,28-32H,3-4,16-17H2,1-2H3,(H,40,43)(H,41,47)(H2,39,48,49)/t23-,24-,28-,29?,30?,31?,32?/m1/s1. The first-order valence-corrected chi connectivity index (χ1v) is 21.0. The van der Waals surface area contributed by atoms with Crippen molar-refractivity contribution in [3.05, 3.63) is 92.4 Å². The molecule has 2 aliphatic heterocycles. The van der Waals surface area contributed by atoms with E-state index in [9.17, 15) is 32.4 Å². The van der Waals surface area contributed by atoms with E-state index in [0.717, 1.165) is 26.8 Å². The van der Waals surface area contributed by atoms with Crippen LogP contribution in [0.4, 0.5) is 11.4 Å². The number of ether oxygens (including phenoxy) is 3. The summed E-state index contributed by atoms with van der Waals surface area (Å²) in [7, 11) is -3.88. The van der Waals surface area contributed by atoms with Gasteiger partial charge >= 0.3 is 10.8 Å². The van der Waals surface area contributed by atoms with Gasteiger partial charge in [-0.15, -0.1) is 11.8 Å². The highest BCUT2D eigenvalue weighted by Gasteiger charge is 2.69. The van der Waals surface area contributed by atoms with E-state index in [4.69, 9.17) is 19.3 Å². The number of fused-ring (bicyclic) bond motifs is 9. The van der Waals surface area contributed by atoms with Crippen molar-refractivity contribution >= 4 is 68.2 Å². The number of thioether (sulfide) groups is 1. The second kappa shape index (κ2) is 14.3. The second-order valence-electron chi connectivity index (χ2n) is 13.8. The lowest BCUT2D eigenvalue weighted by atomic mass is 9.68. The van der Waals surface area contributed by atoms with E-state index in [1.165, 1.54) is 29.2 Å². The molecule has 4 aromatic rings. The Morgan fingerprint density at radius 3 is 2.29 bits per heavy atom. The number of sulfonamides is 1. The second-order valence-corrected chi connectivity index (χ2v) is 17.5. The van der Waals surface area contributed by atoms with Crippen molar-refractivity contribution in [2.75, 3.05) is 30.0 Å². The van der Waals surface area contributed by atoms with Crippen molar-refractivity contribution < 1.29 is 41.8 Å². The number of carbonyl (C=O) groups excluding carboxylic acids is 4. The molecule has 0 radical (unpaired) electrons. The van der Waals surface area contributed by atoms with Crippen LogP contribution in [-0.2, 0) is 29.1 Å². The summed E-state index contributed by atoms with van der Waals surface area (Å²) in [5.74, 6) is -2.31. The number of aromatic nitrogens is 1. The number of rotatable bonds is 11. The molecule has 8 rings (SSSR count). The van der Waals surface area contributed by atoms with Gasteiger partial charge in [0.25, 0.3) is 5.91 Å². The Hall–Kier alpha value is -4.97. The van der Waals surface area contributed by atoms with Crippen LogP contribution in [0.2, 0.25) is 0 Å². The Balaban J connectivity index is 1.05. The summed E-state index contributed by atoms with van der Waals surface area (Å²) in [5, 5.41) is 8.54. The maximum absolute atomic E-state index is 14.2. The van der Waals surface area contributed by atoms with Crippen molar-refractivity contribution in [2.45, 2.75) is 41.4 Å². The maximum Gasteiger partial charge on any atom is 0.338 e. The number of amides is 3. The molecule has 17 heteroatoms. The van der Waals surface area contributed by atoms with Gasteiger partial charge < -0.3 is 24.5 Å². The Bertz CT molecular complexity index is 2380. The minimum Gasteiger partial charge on any atom is -0.490 e. The van der Waals surface area contributed by atoms with Crippen LogP contribution in [0.3, 0.4) is 0 Å². The number of benzene rings is 3. The highest BCUT2D eigenvalue weighted by atomic mass is 32.2. The molecule has 3 fully saturated rings. The zero-order valence-corrected chi connectivity index (χ0v) is 32.0. The van der Waals surface area contributed by atoms with E-state index in [-0.39, 0.29) is 63.7 Å². The van der Waals surface area contributed by atoms with Gasteiger partial charge in [-0.2, -0.15) is 0 Å². The highest BCUT2D eigenvalue weighted by molar-refractivity contribution is 8.00. The van der Waals surface area contributed by atoms with E-state index >= 15 is 0 Å². The minimum absolute atomic E-state index is 0.0360. The summed E-state index contributed by atoms with van der Waals surface area (Å²) >= 11 is 2.73. The predicted octanol–water partition coefficient (Wildman–Crippen LogP) is 4.35. The number of esters is 1. The molecule has 286 valence electrons. The molecule has 1 saturated heterocycles. The number of carbonyl (C=O) groups is 4. The van der Waals surface area contributed by atoms with Crippen LogP contribution < -0.4 is 29.7 Å². The van der Waals surface area contributed by atoms with E-state index in [2.05, 4.69) is 10.3 Å². The number of nitrogens with zero attached hydrogens (tertiary/aromatic N) is 1. The van der Waals surface area contributed by atoms with Crippen molar-refractivity contribution in [3.8, 4) is 11.5 Å². The first-order chi connectivity index (χ1) is 26.4. The fourth-order valence-corrected chi connectivity index (χ4v) is 12.2. The number of imide groups is 1. The Labute approximate surface area is 323 Å². The maximum atomic E-state index is 14.2. The molecule has 2 bridgehead atoms. The normalized spacial score (nSPS) is 24.9. The molecule has 14 nitrogen and oxygen atoms in total. The number of primary sulfonamides is 1. The molecule has 4 aliphatic rings. The average Bonchev–Trinajstić information content (AvgIpc) is 3.90. The molecule has 0 spiro atoms. The summed E-state index contributed by atoms with van der Waals surface area (Å²) in [6, 6.07) is 17.2. The monoisotopic (exact) mass is 804 g/mol. The molecule has 1 aromatic heterocycles. The van der Waals surface area contributed by atoms with Gasteiger partial charge in [0.15, 0.2) is 18.1 Å². The van der Waals surface area contributed by atoms with Crippen molar-refractivity contribution in [1.82, 2.24) is 4.98 Å². The Morgan fingerprint density at radius 2 is 1.62 bits per heavy atom. The third kappa shape index (κ3) is 6.51. The summed E-state index contributed by atoms with van der Waals surface area (Å²) in [5.41, 5.74) is 1.96. The fourth-order valence-electron chi connectivity index (χ4n) is 8.78. The third-order valence-corrected chi connectivity index (χ3v) is 14.3. The minimum atomic E-state index is -3.88. The van der Waals surface area contributed by atoms with Crippen LogP contribution in [-0.4, -0.2) is 62.2 Å². The number of anilines is 2. The summed E-state index contributed by atoms with van der Waals surface area (Å²) in [4.78, 5) is 71.0. The number of aromatic amines is 1. The van der Waals surface area contributed by atoms with E-state index in [0.29, 0.717) is 41.5 Å². The van der Waals surface area contributed by atoms with Gasteiger partial charge in [0.05, 0.1) is 46.2 Å². The van der Waals surface area contributed by atoms with Gasteiger partial charge in [-0.05, 0) is 104 Å². The summed E-state index contributed by atoms with van der Waals surface area (Å²) in [6.07, 6.45) is 0.708. The molecule has 3 aromatic carbocycles. The molecule has 3 amide bonds. The first-order valence-electron chi connectivity index (χ1n) is 17.7. The molecule has 2 aliphatic carbocycles. The zero-order chi connectivity index (χ0) is 38.8. The van der Waals surface area contributed by atoms with E-state index in [1.807, 2.05) is 19.1 Å². The number of nitrogens with one attached hydrogen (secondary N) is 2. The Morgan fingerprint density at radius 1 is 0.909 bits per heavy atom. The van der Waals surface area contributed by atoms with Gasteiger partial charge in [0.1, 0.15) is 0 Å². The lowest BCUT2D eigenvalue weighted by molar-refractivity contribution is -0.123. The molecule has 4 N–H and O–H groups in total. The van der Waals surface area contributed by atoms with Crippen LogP contribution in [0.25, 0.3) is 0 Å². The largest absolute Gasteiger partial charge is 0.490 e. The molecular weight excluding hydrogens is 769 g/mol. The SMILES string of the molecule is CCOC(=O)c1ccc(N2C(=O)C3C(C2=O)[C@@H]2C[C@H]3C3Sc4[nH]c(=O)sc4[C@H](c4ccc(OCC(=O)Nc5ccc(S(N)(=O)=O)cc5)c(OCC)c4)C32)cc1. The molecule has 55 heavy (non-hydrogen) atoms. The van der Waals surface area contributed by atoms with Gasteiger partial charge in [-0.1, -0.05) is 17.4 Å². The number of thiazole rings is 1. The number of H-pyrrole nitrogens is 1. The first kappa shape index (κ1) is 37.0. The number of hydrogen-bond donors (Lipinski definition) is 3. The molecular formula is C38H36N4O10S3. The van der Waals surface area contributed by atoms with E-state index < -0.39 is 33.7 Å². The lowest BCUT2D eigenvalue weighted by Gasteiger charge is -2.43. The summed E-state index contributed by atoms with van der Waals surface area (Å²) < 4.78 is 40.1. The number of hydrogen-bond acceptors (Lipinski definition) is 12. The quantitative estimate of drug-likeness (QED) is 0.144. The van der Waals surface area contributed by atoms with Gasteiger partial charge in [-0.25, -0.2) is 18.4 Å². The predicted molar refractivity (Wildman–Crippen MR) is 203 cm³/mol. The van der Waals surface area contributed by atoms with Crippen LogP contribution in [0.1, 0.15) is 47.0 Å². The lowest BCUT2D eigenvalue weighted by Crippen LogP contribution is -2.42. The third-order valence-electron chi connectivity index (χ3n) is 10.8. The molecule has 2 saturated carbocycles. The molecule has 7 atom stereocenters. The van der Waals surface area contributed by atoms with E-state index in [1.54, 1.807) is 49.0 Å². The fraction of sp³-hybridized carbons (Fsp3) is 0.342. The van der Waals surface area contributed by atoms with Gasteiger partial charge in [0, 0.05) is 21.7 Å². The van der Waals surface area contributed by atoms with Crippen molar-refractivity contribution in [3.63, 3.8) is 0 Å². The van der Waals surface area contributed by atoms with Crippen LogP contribution in [0, 0.1) is 29.6 Å². The van der Waals surface area contributed by atoms with Crippen molar-refractivity contribution in [1.29, 1.82) is 0 Å². The molecule has 3 heterocycles. The number of nitrogens with two attached hydrogens (primary N) is 1. The summed E-state index contributed by atoms with van der Waals surface area (Å²) in [6.45, 7) is 3.71. The topological polar surface area (TPSA) is 204 Å². The molecule has 4 unspecified atom stereocenters. The smallest absolute Gasteiger partial charge is 0.338 e. The van der Waals surface area contributed by atoms with Gasteiger partial charge in [0.2, 0.25) is 21.8 Å².